The van der Waals surface area contributed by atoms with Crippen molar-refractivity contribution >= 4 is 46.0 Å². The largest absolute Gasteiger partial charge is 0.326 e. The summed E-state index contributed by atoms with van der Waals surface area (Å²) in [5.74, 6) is 4.91. The molecule has 2 heterocycles. The van der Waals surface area contributed by atoms with Gasteiger partial charge >= 0.3 is 0 Å². The van der Waals surface area contributed by atoms with Crippen molar-refractivity contribution in [1.82, 2.24) is 9.55 Å². The third-order valence-electron chi connectivity index (χ3n) is 3.58. The van der Waals surface area contributed by atoms with E-state index in [-0.39, 0.29) is 0 Å². The SMILES string of the molecule is ClCCc1nc2cccc(Cl)c2n1CC1CCSC1. The third kappa shape index (κ3) is 2.74. The Balaban J connectivity index is 2.04. The Hall–Kier alpha value is -0.380. The molecular formula is C14H16Cl2N2S. The Labute approximate surface area is 127 Å². The molecule has 1 fully saturated rings. The Morgan fingerprint density at radius 3 is 3.05 bits per heavy atom. The van der Waals surface area contributed by atoms with Gasteiger partial charge in [0.15, 0.2) is 0 Å². The van der Waals surface area contributed by atoms with Gasteiger partial charge in [-0.2, -0.15) is 11.8 Å². The predicted octanol–water partition coefficient (Wildman–Crippen LogP) is 4.22. The molecule has 2 nitrogen and oxygen atoms in total. The van der Waals surface area contributed by atoms with Crippen LogP contribution >= 0.6 is 35.0 Å². The number of rotatable bonds is 4. The van der Waals surface area contributed by atoms with Crippen molar-refractivity contribution in [1.29, 1.82) is 0 Å². The molecular weight excluding hydrogens is 299 g/mol. The van der Waals surface area contributed by atoms with Gasteiger partial charge in [-0.15, -0.1) is 11.6 Å². The van der Waals surface area contributed by atoms with Crippen molar-refractivity contribution < 1.29 is 0 Å². The van der Waals surface area contributed by atoms with Crippen LogP contribution in [0.1, 0.15) is 12.2 Å². The average Bonchev–Trinajstić information content (AvgIpc) is 3.00. The van der Waals surface area contributed by atoms with Crippen LogP contribution in [0.3, 0.4) is 0 Å². The molecule has 1 saturated heterocycles. The summed E-state index contributed by atoms with van der Waals surface area (Å²) in [6.45, 7) is 1.01. The van der Waals surface area contributed by atoms with Crippen LogP contribution in [0.25, 0.3) is 11.0 Å². The molecule has 0 N–H and O–H groups in total. The van der Waals surface area contributed by atoms with Gasteiger partial charge < -0.3 is 4.57 Å². The van der Waals surface area contributed by atoms with Crippen molar-refractivity contribution in [3.05, 3.63) is 29.0 Å². The highest BCUT2D eigenvalue weighted by atomic mass is 35.5. The fourth-order valence-electron chi connectivity index (χ4n) is 2.65. The van der Waals surface area contributed by atoms with E-state index < -0.39 is 0 Å². The van der Waals surface area contributed by atoms with Crippen LogP contribution in [0.5, 0.6) is 0 Å². The van der Waals surface area contributed by atoms with Crippen molar-refractivity contribution in [2.24, 2.45) is 5.92 Å². The fourth-order valence-corrected chi connectivity index (χ4v) is 4.36. The standard InChI is InChI=1S/C14H16Cl2N2S/c15-6-4-13-17-12-3-1-2-11(16)14(12)18(13)8-10-5-7-19-9-10/h1-3,10H,4-9H2. The normalized spacial score (nSPS) is 19.4. The van der Waals surface area contributed by atoms with Crippen LogP contribution in [0, 0.1) is 5.92 Å². The number of hydrogen-bond donors (Lipinski definition) is 0. The molecule has 0 spiro atoms. The summed E-state index contributed by atoms with van der Waals surface area (Å²) in [5, 5.41) is 0.788. The Morgan fingerprint density at radius 2 is 2.32 bits per heavy atom. The summed E-state index contributed by atoms with van der Waals surface area (Å²) in [6, 6.07) is 5.92. The fraction of sp³-hybridized carbons (Fsp3) is 0.500. The third-order valence-corrected chi connectivity index (χ3v) is 5.30. The number of thioether (sulfide) groups is 1. The van der Waals surface area contributed by atoms with Crippen LogP contribution in [-0.2, 0) is 13.0 Å². The lowest BCUT2D eigenvalue weighted by Gasteiger charge is -2.13. The lowest BCUT2D eigenvalue weighted by Crippen LogP contribution is -2.13. The zero-order valence-electron chi connectivity index (χ0n) is 10.6. The lowest BCUT2D eigenvalue weighted by atomic mass is 10.1. The van der Waals surface area contributed by atoms with E-state index in [1.165, 1.54) is 17.9 Å². The topological polar surface area (TPSA) is 17.8 Å². The zero-order chi connectivity index (χ0) is 13.2. The second-order valence-electron chi connectivity index (χ2n) is 4.91. The summed E-state index contributed by atoms with van der Waals surface area (Å²) in [6.07, 6.45) is 2.08. The minimum Gasteiger partial charge on any atom is -0.326 e. The molecule has 3 rings (SSSR count). The van der Waals surface area contributed by atoms with Gasteiger partial charge in [0.25, 0.3) is 0 Å². The number of alkyl halides is 1. The number of hydrogen-bond acceptors (Lipinski definition) is 2. The number of aryl methyl sites for hydroxylation is 1. The molecule has 1 aliphatic rings. The van der Waals surface area contributed by atoms with Gasteiger partial charge in [-0.3, -0.25) is 0 Å². The molecule has 0 aliphatic carbocycles. The summed E-state index contributed by atoms with van der Waals surface area (Å²) < 4.78 is 2.29. The van der Waals surface area contributed by atoms with Gasteiger partial charge in [0, 0.05) is 18.8 Å². The first kappa shape index (κ1) is 13.6. The average molecular weight is 315 g/mol. The van der Waals surface area contributed by atoms with Crippen molar-refractivity contribution in [3.63, 3.8) is 0 Å². The monoisotopic (exact) mass is 314 g/mol. The minimum absolute atomic E-state index is 0.598. The molecule has 1 unspecified atom stereocenters. The number of aromatic nitrogens is 2. The van der Waals surface area contributed by atoms with E-state index in [0.717, 1.165) is 40.8 Å². The summed E-state index contributed by atoms with van der Waals surface area (Å²) in [7, 11) is 0. The van der Waals surface area contributed by atoms with Gasteiger partial charge in [-0.25, -0.2) is 4.98 Å². The summed E-state index contributed by atoms with van der Waals surface area (Å²) in [4.78, 5) is 4.69. The molecule has 5 heteroatoms. The Kier molecular flexibility index (Phi) is 4.25. The molecule has 0 amide bonds. The van der Waals surface area contributed by atoms with Gasteiger partial charge in [-0.1, -0.05) is 17.7 Å². The molecule has 1 aromatic heterocycles. The van der Waals surface area contributed by atoms with Gasteiger partial charge in [0.2, 0.25) is 0 Å². The maximum absolute atomic E-state index is 6.36. The van der Waals surface area contributed by atoms with E-state index in [1.54, 1.807) is 0 Å². The molecule has 0 radical (unpaired) electrons. The first-order valence-corrected chi connectivity index (χ1v) is 8.63. The number of imidazole rings is 1. The second kappa shape index (κ2) is 5.94. The van der Waals surface area contributed by atoms with E-state index >= 15 is 0 Å². The molecule has 1 aromatic carbocycles. The molecule has 1 atom stereocenters. The van der Waals surface area contributed by atoms with E-state index in [4.69, 9.17) is 28.2 Å². The van der Waals surface area contributed by atoms with Crippen LogP contribution < -0.4 is 0 Å². The first-order valence-electron chi connectivity index (χ1n) is 6.57. The molecule has 102 valence electrons. The first-order chi connectivity index (χ1) is 9.29. The van der Waals surface area contributed by atoms with Crippen LogP contribution in [0.4, 0.5) is 0 Å². The highest BCUT2D eigenvalue weighted by Gasteiger charge is 2.20. The van der Waals surface area contributed by atoms with Crippen molar-refractivity contribution in [3.8, 4) is 0 Å². The number of halogens is 2. The van der Waals surface area contributed by atoms with E-state index in [0.29, 0.717) is 5.88 Å². The zero-order valence-corrected chi connectivity index (χ0v) is 12.9. The van der Waals surface area contributed by atoms with Crippen LogP contribution in [0.2, 0.25) is 5.02 Å². The predicted molar refractivity (Wildman–Crippen MR) is 84.6 cm³/mol. The Bertz CT molecular complexity index is 576. The van der Waals surface area contributed by atoms with Crippen molar-refractivity contribution in [2.75, 3.05) is 17.4 Å². The number of benzene rings is 1. The number of fused-ring (bicyclic) bond motifs is 1. The van der Waals surface area contributed by atoms with Gasteiger partial charge in [0.05, 0.1) is 16.1 Å². The molecule has 19 heavy (non-hydrogen) atoms. The van der Waals surface area contributed by atoms with Gasteiger partial charge in [-0.05, 0) is 36.0 Å². The highest BCUT2D eigenvalue weighted by Crippen LogP contribution is 2.30. The van der Waals surface area contributed by atoms with E-state index in [9.17, 15) is 0 Å². The van der Waals surface area contributed by atoms with Crippen LogP contribution in [-0.4, -0.2) is 26.9 Å². The second-order valence-corrected chi connectivity index (χ2v) is 6.85. The number of nitrogens with zero attached hydrogens (tertiary/aromatic N) is 2. The minimum atomic E-state index is 0.598. The summed E-state index contributed by atoms with van der Waals surface area (Å²) >= 11 is 14.3. The molecule has 0 saturated carbocycles. The highest BCUT2D eigenvalue weighted by molar-refractivity contribution is 7.99. The van der Waals surface area contributed by atoms with Crippen molar-refractivity contribution in [2.45, 2.75) is 19.4 Å². The lowest BCUT2D eigenvalue weighted by molar-refractivity contribution is 0.490. The molecule has 0 bridgehead atoms. The smallest absolute Gasteiger partial charge is 0.111 e. The summed E-state index contributed by atoms with van der Waals surface area (Å²) in [5.41, 5.74) is 2.06. The number of para-hydroxylation sites is 1. The van der Waals surface area contributed by atoms with Gasteiger partial charge in [0.1, 0.15) is 5.82 Å². The maximum atomic E-state index is 6.36. The van der Waals surface area contributed by atoms with E-state index in [2.05, 4.69) is 4.57 Å². The molecule has 2 aromatic rings. The quantitative estimate of drug-likeness (QED) is 0.786. The van der Waals surface area contributed by atoms with Crippen LogP contribution in [0.15, 0.2) is 18.2 Å². The van der Waals surface area contributed by atoms with E-state index in [1.807, 2.05) is 30.0 Å². The molecule has 1 aliphatic heterocycles. The maximum Gasteiger partial charge on any atom is 0.111 e. The Morgan fingerprint density at radius 1 is 1.42 bits per heavy atom.